The number of carboxylic acid groups (broad SMARTS) is 1. The summed E-state index contributed by atoms with van der Waals surface area (Å²) in [6.45, 7) is 2.00. The third-order valence-electron chi connectivity index (χ3n) is 4.39. The Morgan fingerprint density at radius 1 is 1.00 bits per heavy atom. The van der Waals surface area contributed by atoms with Gasteiger partial charge >= 0.3 is 5.97 Å². The first-order valence-electron chi connectivity index (χ1n) is 9.89. The van der Waals surface area contributed by atoms with Crippen LogP contribution in [-0.4, -0.2) is 45.7 Å². The highest BCUT2D eigenvalue weighted by atomic mass is 16.6. The van der Waals surface area contributed by atoms with Crippen molar-refractivity contribution in [2.75, 3.05) is 0 Å². The fraction of sp³-hybridized carbons (Fsp3) is 0.591. The molecule has 27 heavy (non-hydrogen) atoms. The number of allylic oxidation sites excluding steroid dienone is 7. The van der Waals surface area contributed by atoms with Gasteiger partial charge in [-0.1, -0.05) is 62.0 Å². The molecule has 1 aliphatic heterocycles. The second-order valence-electron chi connectivity index (χ2n) is 6.75. The quantitative estimate of drug-likeness (QED) is 0.399. The van der Waals surface area contributed by atoms with Gasteiger partial charge in [0, 0.05) is 6.42 Å². The van der Waals surface area contributed by atoms with E-state index in [1.807, 2.05) is 25.2 Å². The van der Waals surface area contributed by atoms with Crippen molar-refractivity contribution in [2.45, 2.75) is 82.7 Å². The van der Waals surface area contributed by atoms with E-state index in [0.29, 0.717) is 19.3 Å². The van der Waals surface area contributed by atoms with Crippen molar-refractivity contribution in [2.24, 2.45) is 0 Å². The Labute approximate surface area is 162 Å². The second kappa shape index (κ2) is 14.4. The molecule has 1 fully saturated rings. The Bertz CT molecular complexity index is 521. The van der Waals surface area contributed by atoms with Crippen molar-refractivity contribution >= 4 is 5.97 Å². The summed E-state index contributed by atoms with van der Waals surface area (Å²) in [4.78, 5) is 10.3. The van der Waals surface area contributed by atoms with Crippen LogP contribution in [-0.2, 0) is 9.53 Å². The van der Waals surface area contributed by atoms with Gasteiger partial charge in [0.1, 0.15) is 12.2 Å². The Kier molecular flexibility index (Phi) is 12.4. The molecule has 4 atom stereocenters. The van der Waals surface area contributed by atoms with Gasteiger partial charge in [-0.3, -0.25) is 4.79 Å². The summed E-state index contributed by atoms with van der Waals surface area (Å²) in [6.07, 6.45) is 20.0. The Balaban J connectivity index is 2.03. The number of rotatable bonds is 14. The molecule has 5 nitrogen and oxygen atoms in total. The highest BCUT2D eigenvalue weighted by Gasteiger charge is 2.43. The van der Waals surface area contributed by atoms with Gasteiger partial charge in [0.15, 0.2) is 0 Å². The summed E-state index contributed by atoms with van der Waals surface area (Å²) in [5, 5.41) is 28.3. The maximum atomic E-state index is 10.3. The van der Waals surface area contributed by atoms with Crippen LogP contribution < -0.4 is 0 Å². The zero-order chi connectivity index (χ0) is 19.9. The van der Waals surface area contributed by atoms with E-state index in [2.05, 4.69) is 30.4 Å². The SMILES string of the molecule is CCCC(O)C1OC(CC=CCC=CCC=CCC=CCCC(=O)O)C1O. The lowest BCUT2D eigenvalue weighted by Gasteiger charge is -2.43. The average molecular weight is 379 g/mol. The lowest BCUT2D eigenvalue weighted by Crippen LogP contribution is -2.58. The third-order valence-corrected chi connectivity index (χ3v) is 4.39. The Morgan fingerprint density at radius 2 is 1.56 bits per heavy atom. The molecule has 0 saturated carbocycles. The molecule has 3 N–H and O–H groups in total. The minimum absolute atomic E-state index is 0.184. The molecule has 0 spiro atoms. The van der Waals surface area contributed by atoms with E-state index in [9.17, 15) is 15.0 Å². The molecule has 0 aliphatic carbocycles. The van der Waals surface area contributed by atoms with Gasteiger partial charge in [-0.05, 0) is 38.5 Å². The van der Waals surface area contributed by atoms with Gasteiger partial charge in [-0.25, -0.2) is 0 Å². The fourth-order valence-electron chi connectivity index (χ4n) is 2.83. The van der Waals surface area contributed by atoms with E-state index in [1.54, 1.807) is 0 Å². The Hall–Kier alpha value is -1.69. The average Bonchev–Trinajstić information content (AvgIpc) is 2.63. The summed E-state index contributed by atoms with van der Waals surface area (Å²) in [7, 11) is 0. The van der Waals surface area contributed by atoms with Crippen LogP contribution in [0.2, 0.25) is 0 Å². The Morgan fingerprint density at radius 3 is 2.07 bits per heavy atom. The van der Waals surface area contributed by atoms with E-state index >= 15 is 0 Å². The molecule has 0 aromatic rings. The molecule has 1 heterocycles. The van der Waals surface area contributed by atoms with Gasteiger partial charge in [0.2, 0.25) is 0 Å². The van der Waals surface area contributed by atoms with Crippen LogP contribution in [0.3, 0.4) is 0 Å². The molecule has 152 valence electrons. The number of aliphatic hydroxyl groups is 2. The zero-order valence-electron chi connectivity index (χ0n) is 16.2. The van der Waals surface area contributed by atoms with Crippen LogP contribution in [0, 0.1) is 0 Å². The number of hydrogen-bond acceptors (Lipinski definition) is 4. The van der Waals surface area contributed by atoms with Crippen molar-refractivity contribution in [3.63, 3.8) is 0 Å². The molecule has 0 aromatic carbocycles. The van der Waals surface area contributed by atoms with E-state index < -0.39 is 24.3 Å². The molecule has 0 aromatic heterocycles. The second-order valence-corrected chi connectivity index (χ2v) is 6.75. The van der Waals surface area contributed by atoms with Crippen molar-refractivity contribution in [3.05, 3.63) is 48.6 Å². The van der Waals surface area contributed by atoms with Crippen molar-refractivity contribution < 1.29 is 24.9 Å². The van der Waals surface area contributed by atoms with Crippen LogP contribution in [0.5, 0.6) is 0 Å². The highest BCUT2D eigenvalue weighted by molar-refractivity contribution is 5.66. The zero-order valence-corrected chi connectivity index (χ0v) is 16.2. The molecule has 0 bridgehead atoms. The topological polar surface area (TPSA) is 87.0 Å². The number of carbonyl (C=O) groups is 1. The number of carboxylic acids is 1. The number of aliphatic carboxylic acids is 1. The number of ether oxygens (including phenoxy) is 1. The molecule has 4 unspecified atom stereocenters. The van der Waals surface area contributed by atoms with Crippen LogP contribution in [0.15, 0.2) is 48.6 Å². The summed E-state index contributed by atoms with van der Waals surface area (Å²) in [6, 6.07) is 0. The molecular weight excluding hydrogens is 344 g/mol. The van der Waals surface area contributed by atoms with Gasteiger partial charge in [0.25, 0.3) is 0 Å². The normalized spacial score (nSPS) is 24.3. The largest absolute Gasteiger partial charge is 0.481 e. The monoisotopic (exact) mass is 378 g/mol. The molecule has 1 rings (SSSR count). The highest BCUT2D eigenvalue weighted by Crippen LogP contribution is 2.28. The van der Waals surface area contributed by atoms with Gasteiger partial charge in [0.05, 0.1) is 12.2 Å². The van der Waals surface area contributed by atoms with Crippen molar-refractivity contribution in [1.82, 2.24) is 0 Å². The summed E-state index contributed by atoms with van der Waals surface area (Å²) < 4.78 is 5.57. The van der Waals surface area contributed by atoms with Crippen LogP contribution in [0.25, 0.3) is 0 Å². The van der Waals surface area contributed by atoms with E-state index in [-0.39, 0.29) is 12.5 Å². The first kappa shape index (κ1) is 23.3. The van der Waals surface area contributed by atoms with E-state index in [0.717, 1.165) is 25.7 Å². The van der Waals surface area contributed by atoms with Crippen molar-refractivity contribution in [1.29, 1.82) is 0 Å². The van der Waals surface area contributed by atoms with Gasteiger partial charge in [-0.15, -0.1) is 0 Å². The third kappa shape index (κ3) is 10.3. The molecule has 1 aliphatic rings. The maximum absolute atomic E-state index is 10.3. The van der Waals surface area contributed by atoms with Crippen molar-refractivity contribution in [3.8, 4) is 0 Å². The van der Waals surface area contributed by atoms with E-state index in [4.69, 9.17) is 9.84 Å². The fourth-order valence-corrected chi connectivity index (χ4v) is 2.83. The first-order chi connectivity index (χ1) is 13.1. The number of aliphatic hydroxyl groups excluding tert-OH is 2. The number of hydrogen-bond donors (Lipinski definition) is 3. The summed E-state index contributed by atoms with van der Waals surface area (Å²) in [5.41, 5.74) is 0. The smallest absolute Gasteiger partial charge is 0.303 e. The van der Waals surface area contributed by atoms with Gasteiger partial charge in [-0.2, -0.15) is 0 Å². The van der Waals surface area contributed by atoms with Crippen LogP contribution in [0.1, 0.15) is 58.3 Å². The van der Waals surface area contributed by atoms with Crippen LogP contribution >= 0.6 is 0 Å². The lowest BCUT2D eigenvalue weighted by molar-refractivity contribution is -0.251. The molecule has 1 saturated heterocycles. The van der Waals surface area contributed by atoms with Crippen LogP contribution in [0.4, 0.5) is 0 Å². The minimum atomic E-state index is -0.763. The lowest BCUT2D eigenvalue weighted by atomic mass is 9.92. The molecule has 5 heteroatoms. The standard InChI is InChI=1S/C22H34O5/c1-2-15-18(23)22-21(26)19(27-22)16-13-11-9-7-5-3-4-6-8-10-12-14-17-20(24)25/h4-7,10-13,18-19,21-23,26H,2-3,8-9,14-17H2,1H3,(H,24,25). The predicted molar refractivity (Wildman–Crippen MR) is 107 cm³/mol. The minimum Gasteiger partial charge on any atom is -0.481 e. The maximum Gasteiger partial charge on any atom is 0.303 e. The molecular formula is C22H34O5. The predicted octanol–water partition coefficient (Wildman–Crippen LogP) is 3.93. The summed E-state index contributed by atoms with van der Waals surface area (Å²) >= 11 is 0. The molecule has 0 radical (unpaired) electrons. The van der Waals surface area contributed by atoms with Gasteiger partial charge < -0.3 is 20.1 Å². The van der Waals surface area contributed by atoms with E-state index in [1.165, 1.54) is 0 Å². The first-order valence-corrected chi connectivity index (χ1v) is 9.89. The molecule has 0 amide bonds. The summed E-state index contributed by atoms with van der Waals surface area (Å²) in [5.74, 6) is -0.763.